The molecular weight excluding hydrogens is 322 g/mol. The van der Waals surface area contributed by atoms with Crippen molar-refractivity contribution < 1.29 is 13.7 Å². The zero-order chi connectivity index (χ0) is 14.0. The highest BCUT2D eigenvalue weighted by Gasteiger charge is 2.19. The molecule has 0 spiro atoms. The Labute approximate surface area is 115 Å². The SMILES string of the molecule is O=[N+]([O-])c1c(F)cccc1Nc1ccc(F)c(Br)c1. The van der Waals surface area contributed by atoms with Crippen LogP contribution in [0.5, 0.6) is 0 Å². The van der Waals surface area contributed by atoms with Crippen LogP contribution in [0.15, 0.2) is 40.9 Å². The van der Waals surface area contributed by atoms with E-state index in [-0.39, 0.29) is 10.2 Å². The third kappa shape index (κ3) is 2.87. The first-order valence-corrected chi connectivity index (χ1v) is 5.93. The van der Waals surface area contributed by atoms with Crippen LogP contribution in [-0.4, -0.2) is 4.92 Å². The van der Waals surface area contributed by atoms with Crippen molar-refractivity contribution in [2.45, 2.75) is 0 Å². The highest BCUT2D eigenvalue weighted by atomic mass is 79.9. The molecule has 0 unspecified atom stereocenters. The smallest absolute Gasteiger partial charge is 0.327 e. The number of nitro benzene ring substituents is 1. The van der Waals surface area contributed by atoms with Crippen molar-refractivity contribution in [2.75, 3.05) is 5.32 Å². The highest BCUT2D eigenvalue weighted by Crippen LogP contribution is 2.31. The van der Waals surface area contributed by atoms with Gasteiger partial charge in [-0.15, -0.1) is 0 Å². The van der Waals surface area contributed by atoms with Crippen LogP contribution in [0.25, 0.3) is 0 Å². The molecule has 0 heterocycles. The second-order valence-electron chi connectivity index (χ2n) is 3.65. The first kappa shape index (κ1) is 13.4. The van der Waals surface area contributed by atoms with Crippen LogP contribution in [-0.2, 0) is 0 Å². The van der Waals surface area contributed by atoms with Gasteiger partial charge in [-0.1, -0.05) is 6.07 Å². The molecule has 0 saturated heterocycles. The predicted octanol–water partition coefficient (Wildman–Crippen LogP) is 4.38. The normalized spacial score (nSPS) is 10.3. The lowest BCUT2D eigenvalue weighted by Crippen LogP contribution is -1.99. The molecular formula is C12H7BrF2N2O2. The second kappa shape index (κ2) is 5.31. The van der Waals surface area contributed by atoms with Crippen molar-refractivity contribution >= 4 is 33.0 Å². The van der Waals surface area contributed by atoms with Gasteiger partial charge in [0.15, 0.2) is 0 Å². The molecule has 4 nitrogen and oxygen atoms in total. The summed E-state index contributed by atoms with van der Waals surface area (Å²) in [6, 6.07) is 7.72. The van der Waals surface area contributed by atoms with Crippen LogP contribution in [0.4, 0.5) is 25.8 Å². The lowest BCUT2D eigenvalue weighted by molar-refractivity contribution is -0.386. The van der Waals surface area contributed by atoms with E-state index in [1.807, 2.05) is 0 Å². The van der Waals surface area contributed by atoms with Gasteiger partial charge < -0.3 is 5.32 Å². The molecule has 0 saturated carbocycles. The van der Waals surface area contributed by atoms with Crippen LogP contribution in [0.1, 0.15) is 0 Å². The summed E-state index contributed by atoms with van der Waals surface area (Å²) >= 11 is 3.00. The van der Waals surface area contributed by atoms with Crippen LogP contribution in [0.2, 0.25) is 0 Å². The molecule has 0 atom stereocenters. The number of anilines is 2. The topological polar surface area (TPSA) is 55.2 Å². The Balaban J connectivity index is 2.40. The van der Waals surface area contributed by atoms with Crippen molar-refractivity contribution in [3.8, 4) is 0 Å². The summed E-state index contributed by atoms with van der Waals surface area (Å²) in [7, 11) is 0. The predicted molar refractivity (Wildman–Crippen MR) is 70.4 cm³/mol. The third-order valence-electron chi connectivity index (χ3n) is 2.37. The van der Waals surface area contributed by atoms with Crippen LogP contribution >= 0.6 is 15.9 Å². The van der Waals surface area contributed by atoms with Gasteiger partial charge in [0.05, 0.1) is 9.40 Å². The average molecular weight is 329 g/mol. The summed E-state index contributed by atoms with van der Waals surface area (Å²) in [5, 5.41) is 13.5. The Hall–Kier alpha value is -2.02. The summed E-state index contributed by atoms with van der Waals surface area (Å²) in [5.41, 5.74) is -0.242. The van der Waals surface area contributed by atoms with Crippen molar-refractivity contribution in [1.82, 2.24) is 0 Å². The third-order valence-corrected chi connectivity index (χ3v) is 2.98. The highest BCUT2D eigenvalue weighted by molar-refractivity contribution is 9.10. The van der Waals surface area contributed by atoms with E-state index in [1.165, 1.54) is 30.3 Å². The summed E-state index contributed by atoms with van der Waals surface area (Å²) in [5.74, 6) is -1.39. The number of halogens is 3. The lowest BCUT2D eigenvalue weighted by atomic mass is 10.2. The van der Waals surface area contributed by atoms with Gasteiger partial charge in [0.2, 0.25) is 5.82 Å². The summed E-state index contributed by atoms with van der Waals surface area (Å²) < 4.78 is 26.7. The standard InChI is InChI=1S/C12H7BrF2N2O2/c13-8-6-7(4-5-9(8)14)16-11-3-1-2-10(15)12(11)17(18)19/h1-6,16H. The fourth-order valence-electron chi connectivity index (χ4n) is 1.53. The number of hydrogen-bond acceptors (Lipinski definition) is 3. The molecule has 2 aromatic carbocycles. The number of nitrogens with zero attached hydrogens (tertiary/aromatic N) is 1. The zero-order valence-electron chi connectivity index (χ0n) is 9.36. The molecule has 2 aromatic rings. The first-order chi connectivity index (χ1) is 8.99. The van der Waals surface area contributed by atoms with E-state index < -0.39 is 22.2 Å². The monoisotopic (exact) mass is 328 g/mol. The lowest BCUT2D eigenvalue weighted by Gasteiger charge is -2.08. The molecule has 0 fully saturated rings. The molecule has 0 aromatic heterocycles. The molecule has 19 heavy (non-hydrogen) atoms. The largest absolute Gasteiger partial charge is 0.350 e. The van der Waals surface area contributed by atoms with E-state index in [0.717, 1.165) is 6.07 Å². The van der Waals surface area contributed by atoms with Gasteiger partial charge in [-0.25, -0.2) is 4.39 Å². The number of nitrogens with one attached hydrogen (secondary N) is 1. The van der Waals surface area contributed by atoms with Gasteiger partial charge in [-0.3, -0.25) is 10.1 Å². The van der Waals surface area contributed by atoms with Crippen LogP contribution < -0.4 is 5.32 Å². The van der Waals surface area contributed by atoms with Crippen molar-refractivity contribution in [3.05, 3.63) is 62.6 Å². The Morgan fingerprint density at radius 3 is 2.53 bits per heavy atom. The van der Waals surface area contributed by atoms with Crippen LogP contribution in [0.3, 0.4) is 0 Å². The molecule has 0 amide bonds. The van der Waals surface area contributed by atoms with Gasteiger partial charge in [0.25, 0.3) is 0 Å². The van der Waals surface area contributed by atoms with Crippen molar-refractivity contribution in [1.29, 1.82) is 0 Å². The summed E-state index contributed by atoms with van der Waals surface area (Å²) in [6.07, 6.45) is 0. The number of nitro groups is 1. The fourth-order valence-corrected chi connectivity index (χ4v) is 1.91. The number of para-hydroxylation sites is 1. The fraction of sp³-hybridized carbons (Fsp3) is 0. The quantitative estimate of drug-likeness (QED) is 0.672. The first-order valence-electron chi connectivity index (χ1n) is 5.14. The molecule has 0 aliphatic rings. The Morgan fingerprint density at radius 2 is 1.89 bits per heavy atom. The van der Waals surface area contributed by atoms with Crippen LogP contribution in [0, 0.1) is 21.7 Å². The molecule has 0 radical (unpaired) electrons. The Morgan fingerprint density at radius 1 is 1.16 bits per heavy atom. The summed E-state index contributed by atoms with van der Waals surface area (Å²) in [4.78, 5) is 10.0. The minimum Gasteiger partial charge on any atom is -0.350 e. The van der Waals surface area contributed by atoms with E-state index in [9.17, 15) is 18.9 Å². The van der Waals surface area contributed by atoms with E-state index in [1.54, 1.807) is 0 Å². The molecule has 0 aliphatic heterocycles. The van der Waals surface area contributed by atoms with E-state index in [4.69, 9.17) is 0 Å². The minimum atomic E-state index is -0.934. The number of rotatable bonds is 3. The Bertz CT molecular complexity index is 650. The van der Waals surface area contributed by atoms with Gasteiger partial charge in [-0.05, 0) is 46.3 Å². The van der Waals surface area contributed by atoms with E-state index in [2.05, 4.69) is 21.2 Å². The molecule has 2 rings (SSSR count). The van der Waals surface area contributed by atoms with Crippen molar-refractivity contribution in [3.63, 3.8) is 0 Å². The molecule has 0 bridgehead atoms. The molecule has 1 N–H and O–H groups in total. The maximum absolute atomic E-state index is 13.4. The second-order valence-corrected chi connectivity index (χ2v) is 4.50. The van der Waals surface area contributed by atoms with E-state index >= 15 is 0 Å². The zero-order valence-corrected chi connectivity index (χ0v) is 10.9. The van der Waals surface area contributed by atoms with Gasteiger partial charge in [0.1, 0.15) is 11.5 Å². The maximum Gasteiger partial charge on any atom is 0.327 e. The molecule has 0 aliphatic carbocycles. The number of hydrogen-bond donors (Lipinski definition) is 1. The maximum atomic E-state index is 13.4. The number of benzene rings is 2. The van der Waals surface area contributed by atoms with Gasteiger partial charge in [0, 0.05) is 5.69 Å². The Kier molecular flexibility index (Phi) is 3.75. The summed E-state index contributed by atoms with van der Waals surface area (Å²) in [6.45, 7) is 0. The minimum absolute atomic E-state index is 0.00325. The van der Waals surface area contributed by atoms with Crippen molar-refractivity contribution in [2.24, 2.45) is 0 Å². The molecule has 98 valence electrons. The molecule has 7 heteroatoms. The average Bonchev–Trinajstić information content (AvgIpc) is 2.33. The van der Waals surface area contributed by atoms with E-state index in [0.29, 0.717) is 5.69 Å². The van der Waals surface area contributed by atoms with Gasteiger partial charge >= 0.3 is 5.69 Å². The van der Waals surface area contributed by atoms with Gasteiger partial charge in [-0.2, -0.15) is 4.39 Å².